The normalized spacial score (nSPS) is 12.7. The van der Waals surface area contributed by atoms with E-state index in [-0.39, 0.29) is 24.3 Å². The molecule has 1 aromatic rings. The van der Waals surface area contributed by atoms with Crippen LogP contribution in [0.15, 0.2) is 23.1 Å². The molecule has 0 spiro atoms. The molecule has 128 valence electrons. The molecular weight excluding hydrogens is 320 g/mol. The Hall–Kier alpha value is -1.93. The van der Waals surface area contributed by atoms with Crippen molar-refractivity contribution >= 4 is 21.9 Å². The van der Waals surface area contributed by atoms with Gasteiger partial charge in [-0.2, -0.15) is 0 Å². The molecule has 1 atom stereocenters. The number of primary amides is 1. The van der Waals surface area contributed by atoms with Crippen LogP contribution in [-0.4, -0.2) is 32.9 Å². The summed E-state index contributed by atoms with van der Waals surface area (Å²) in [5, 5.41) is 0. The van der Waals surface area contributed by atoms with Crippen LogP contribution in [0.2, 0.25) is 0 Å². The van der Waals surface area contributed by atoms with E-state index in [1.165, 1.54) is 13.0 Å². The number of aryl methyl sites for hydroxylation is 2. The van der Waals surface area contributed by atoms with Gasteiger partial charge in [0, 0.05) is 13.0 Å². The zero-order valence-corrected chi connectivity index (χ0v) is 14.3. The first-order valence-electron chi connectivity index (χ1n) is 7.19. The highest BCUT2D eigenvalue weighted by Crippen LogP contribution is 2.14. The standard InChI is InChI=1S/C15H22N2O5S/c1-10-6-7-13(9-11(10)2)23(20,21)17-8-4-5-14(18)22-12(3)15(16)19/h6-7,9,12,17H,4-5,8H2,1-3H3,(H2,16,19)/t12-/m1/s1. The smallest absolute Gasteiger partial charge is 0.306 e. The third kappa shape index (κ3) is 5.99. The lowest BCUT2D eigenvalue weighted by molar-refractivity contribution is -0.153. The highest BCUT2D eigenvalue weighted by molar-refractivity contribution is 7.89. The largest absolute Gasteiger partial charge is 0.453 e. The van der Waals surface area contributed by atoms with E-state index in [1.807, 2.05) is 13.8 Å². The minimum Gasteiger partial charge on any atom is -0.453 e. The van der Waals surface area contributed by atoms with Crippen LogP contribution in [-0.2, 0) is 24.3 Å². The lowest BCUT2D eigenvalue weighted by Crippen LogP contribution is -2.31. The molecule has 0 radical (unpaired) electrons. The van der Waals surface area contributed by atoms with E-state index in [2.05, 4.69) is 4.72 Å². The van der Waals surface area contributed by atoms with Crippen LogP contribution in [0.25, 0.3) is 0 Å². The number of carbonyl (C=O) groups excluding carboxylic acids is 2. The molecule has 0 fully saturated rings. The van der Waals surface area contributed by atoms with Gasteiger partial charge in [-0.1, -0.05) is 6.07 Å². The molecule has 7 nitrogen and oxygen atoms in total. The van der Waals surface area contributed by atoms with Gasteiger partial charge < -0.3 is 10.5 Å². The van der Waals surface area contributed by atoms with Gasteiger partial charge in [0.15, 0.2) is 6.10 Å². The molecule has 0 unspecified atom stereocenters. The molecule has 8 heteroatoms. The van der Waals surface area contributed by atoms with Crippen molar-refractivity contribution in [2.24, 2.45) is 5.73 Å². The fourth-order valence-corrected chi connectivity index (χ4v) is 2.88. The maximum Gasteiger partial charge on any atom is 0.306 e. The Kier molecular flexibility index (Phi) is 6.71. The topological polar surface area (TPSA) is 116 Å². The Balaban J connectivity index is 2.47. The summed E-state index contributed by atoms with van der Waals surface area (Å²) < 4.78 is 31.4. The fourth-order valence-electron chi connectivity index (χ4n) is 1.72. The first kappa shape index (κ1) is 19.1. The summed E-state index contributed by atoms with van der Waals surface area (Å²) >= 11 is 0. The predicted octanol–water partition coefficient (Wildman–Crippen LogP) is 0.779. The number of nitrogens with two attached hydrogens (primary N) is 1. The van der Waals surface area contributed by atoms with Gasteiger partial charge in [-0.25, -0.2) is 13.1 Å². The monoisotopic (exact) mass is 342 g/mol. The van der Waals surface area contributed by atoms with E-state index in [0.717, 1.165) is 11.1 Å². The highest BCUT2D eigenvalue weighted by atomic mass is 32.2. The number of sulfonamides is 1. The van der Waals surface area contributed by atoms with Crippen molar-refractivity contribution in [3.05, 3.63) is 29.3 Å². The lowest BCUT2D eigenvalue weighted by Gasteiger charge is -2.10. The van der Waals surface area contributed by atoms with E-state index < -0.39 is 28.0 Å². The van der Waals surface area contributed by atoms with Crippen LogP contribution in [0, 0.1) is 13.8 Å². The summed E-state index contributed by atoms with van der Waals surface area (Å²) in [5.74, 6) is -1.32. The number of rotatable bonds is 8. The van der Waals surface area contributed by atoms with Gasteiger partial charge in [-0.15, -0.1) is 0 Å². The fraction of sp³-hybridized carbons (Fsp3) is 0.467. The highest BCUT2D eigenvalue weighted by Gasteiger charge is 2.16. The van der Waals surface area contributed by atoms with Crippen molar-refractivity contribution in [3.63, 3.8) is 0 Å². The molecule has 0 saturated carbocycles. The molecular formula is C15H22N2O5S. The predicted molar refractivity (Wildman–Crippen MR) is 85.1 cm³/mol. The second-order valence-electron chi connectivity index (χ2n) is 5.28. The lowest BCUT2D eigenvalue weighted by atomic mass is 10.1. The Morgan fingerprint density at radius 3 is 2.48 bits per heavy atom. The molecule has 0 aliphatic heterocycles. The van der Waals surface area contributed by atoms with Crippen molar-refractivity contribution < 1.29 is 22.7 Å². The Morgan fingerprint density at radius 2 is 1.91 bits per heavy atom. The van der Waals surface area contributed by atoms with E-state index >= 15 is 0 Å². The quantitative estimate of drug-likeness (QED) is 0.535. The van der Waals surface area contributed by atoms with E-state index in [0.29, 0.717) is 0 Å². The van der Waals surface area contributed by atoms with E-state index in [9.17, 15) is 18.0 Å². The van der Waals surface area contributed by atoms with Crippen LogP contribution in [0.1, 0.15) is 30.9 Å². The summed E-state index contributed by atoms with van der Waals surface area (Å²) in [4.78, 5) is 22.4. The Bertz CT molecular complexity index is 685. The number of hydrogen-bond donors (Lipinski definition) is 2. The summed E-state index contributed by atoms with van der Waals surface area (Å²) in [6.07, 6.45) is -0.740. The molecule has 0 saturated heterocycles. The minimum atomic E-state index is -3.61. The maximum absolute atomic E-state index is 12.1. The van der Waals surface area contributed by atoms with E-state index in [4.69, 9.17) is 10.5 Å². The molecule has 0 heterocycles. The first-order chi connectivity index (χ1) is 10.6. The average molecular weight is 342 g/mol. The van der Waals surface area contributed by atoms with Crippen molar-refractivity contribution in [2.45, 2.75) is 44.6 Å². The molecule has 0 bridgehead atoms. The van der Waals surface area contributed by atoms with Crippen LogP contribution in [0.3, 0.4) is 0 Å². The Morgan fingerprint density at radius 1 is 1.26 bits per heavy atom. The summed E-state index contributed by atoms with van der Waals surface area (Å²) in [7, 11) is -3.61. The van der Waals surface area contributed by atoms with Gasteiger partial charge in [0.2, 0.25) is 10.0 Å². The number of ether oxygens (including phenoxy) is 1. The Labute approximate surface area is 136 Å². The molecule has 23 heavy (non-hydrogen) atoms. The van der Waals surface area contributed by atoms with Crippen molar-refractivity contribution in [2.75, 3.05) is 6.54 Å². The van der Waals surface area contributed by atoms with Crippen LogP contribution in [0.4, 0.5) is 0 Å². The first-order valence-corrected chi connectivity index (χ1v) is 8.67. The second-order valence-corrected chi connectivity index (χ2v) is 7.05. The number of amides is 1. The summed E-state index contributed by atoms with van der Waals surface area (Å²) in [6.45, 7) is 5.21. The molecule has 0 aliphatic carbocycles. The van der Waals surface area contributed by atoms with Crippen LogP contribution in [0.5, 0.6) is 0 Å². The number of benzene rings is 1. The zero-order valence-electron chi connectivity index (χ0n) is 13.5. The molecule has 3 N–H and O–H groups in total. The zero-order chi connectivity index (χ0) is 17.6. The molecule has 0 aliphatic rings. The van der Waals surface area contributed by atoms with Crippen molar-refractivity contribution in [1.29, 1.82) is 0 Å². The van der Waals surface area contributed by atoms with Gasteiger partial charge in [0.05, 0.1) is 4.90 Å². The minimum absolute atomic E-state index is 0.00688. The molecule has 1 rings (SSSR count). The third-order valence-corrected chi connectivity index (χ3v) is 4.81. The third-order valence-electron chi connectivity index (χ3n) is 3.35. The average Bonchev–Trinajstić information content (AvgIpc) is 2.46. The SMILES string of the molecule is Cc1ccc(S(=O)(=O)NCCCC(=O)O[C@H](C)C(N)=O)cc1C. The number of carbonyl (C=O) groups is 2. The molecule has 1 aromatic carbocycles. The number of nitrogens with one attached hydrogen (secondary N) is 1. The van der Waals surface area contributed by atoms with Gasteiger partial charge in [0.25, 0.3) is 5.91 Å². The summed E-state index contributed by atoms with van der Waals surface area (Å²) in [5.41, 5.74) is 6.87. The maximum atomic E-state index is 12.1. The molecule has 1 amide bonds. The second kappa shape index (κ2) is 8.07. The van der Waals surface area contributed by atoms with Crippen LogP contribution < -0.4 is 10.5 Å². The van der Waals surface area contributed by atoms with Gasteiger partial charge in [-0.3, -0.25) is 9.59 Å². The van der Waals surface area contributed by atoms with Crippen molar-refractivity contribution in [3.8, 4) is 0 Å². The number of hydrogen-bond acceptors (Lipinski definition) is 5. The van der Waals surface area contributed by atoms with Gasteiger partial charge in [-0.05, 0) is 50.5 Å². The van der Waals surface area contributed by atoms with E-state index in [1.54, 1.807) is 12.1 Å². The summed E-state index contributed by atoms with van der Waals surface area (Å²) in [6, 6.07) is 4.88. The van der Waals surface area contributed by atoms with Gasteiger partial charge >= 0.3 is 5.97 Å². The molecule has 0 aromatic heterocycles. The van der Waals surface area contributed by atoms with Crippen molar-refractivity contribution in [1.82, 2.24) is 4.72 Å². The van der Waals surface area contributed by atoms with Gasteiger partial charge in [0.1, 0.15) is 0 Å². The number of esters is 1. The van der Waals surface area contributed by atoms with Crippen LogP contribution >= 0.6 is 0 Å².